The van der Waals surface area contributed by atoms with Gasteiger partial charge in [0.15, 0.2) is 0 Å². The van der Waals surface area contributed by atoms with Gasteiger partial charge in [0.25, 0.3) is 5.69 Å². The number of benzene rings is 2. The summed E-state index contributed by atoms with van der Waals surface area (Å²) in [6, 6.07) is 12.8. The molecule has 0 aliphatic rings. The predicted octanol–water partition coefficient (Wildman–Crippen LogP) is 2.84. The van der Waals surface area contributed by atoms with E-state index in [0.29, 0.717) is 5.75 Å². The predicted molar refractivity (Wildman–Crippen MR) is 79.2 cm³/mol. The molecule has 0 bridgehead atoms. The zero-order valence-corrected chi connectivity index (χ0v) is 11.7. The van der Waals surface area contributed by atoms with E-state index in [9.17, 15) is 10.1 Å². The molecule has 2 aromatic carbocycles. The Morgan fingerprint density at radius 1 is 1.26 bits per heavy atom. The summed E-state index contributed by atoms with van der Waals surface area (Å²) < 4.78 is 7.23. The van der Waals surface area contributed by atoms with Gasteiger partial charge in [-0.05, 0) is 18.2 Å². The number of aromatic nitrogens is 3. The van der Waals surface area contributed by atoms with Gasteiger partial charge in [0.1, 0.15) is 23.1 Å². The van der Waals surface area contributed by atoms with E-state index in [0.717, 1.165) is 5.69 Å². The van der Waals surface area contributed by atoms with Gasteiger partial charge in [0, 0.05) is 18.2 Å². The molecule has 0 unspecified atom stereocenters. The molecule has 23 heavy (non-hydrogen) atoms. The van der Waals surface area contributed by atoms with Gasteiger partial charge >= 0.3 is 0 Å². The molecule has 0 aliphatic heterocycles. The second-order valence-corrected chi connectivity index (χ2v) is 4.50. The van der Waals surface area contributed by atoms with E-state index in [1.807, 2.05) is 12.1 Å². The van der Waals surface area contributed by atoms with Crippen LogP contribution < -0.4 is 4.74 Å². The third-order valence-electron chi connectivity index (χ3n) is 3.03. The SMILES string of the molecule is N#Cc1cc([N+](=O)[O-])ccc1Oc1cccc(-n2ccnn2)c1. The van der Waals surface area contributed by atoms with Crippen molar-refractivity contribution in [3.05, 3.63) is 70.5 Å². The van der Waals surface area contributed by atoms with Crippen molar-refractivity contribution in [2.45, 2.75) is 0 Å². The Balaban J connectivity index is 1.92. The Hall–Kier alpha value is -3.73. The van der Waals surface area contributed by atoms with Crippen molar-refractivity contribution >= 4 is 5.69 Å². The third-order valence-corrected chi connectivity index (χ3v) is 3.03. The molecule has 1 heterocycles. The van der Waals surface area contributed by atoms with Crippen molar-refractivity contribution in [3.8, 4) is 23.3 Å². The molecule has 0 radical (unpaired) electrons. The van der Waals surface area contributed by atoms with Gasteiger partial charge < -0.3 is 4.74 Å². The van der Waals surface area contributed by atoms with Crippen LogP contribution in [0.3, 0.4) is 0 Å². The lowest BCUT2D eigenvalue weighted by Crippen LogP contribution is -1.96. The fraction of sp³-hybridized carbons (Fsp3) is 0. The Kier molecular flexibility index (Phi) is 3.68. The molecular formula is C15H9N5O3. The van der Waals surface area contributed by atoms with Gasteiger partial charge in [-0.3, -0.25) is 10.1 Å². The van der Waals surface area contributed by atoms with E-state index in [1.54, 1.807) is 35.3 Å². The molecular weight excluding hydrogens is 298 g/mol. The van der Waals surface area contributed by atoms with Crippen LogP contribution >= 0.6 is 0 Å². The second kappa shape index (κ2) is 5.95. The van der Waals surface area contributed by atoms with Gasteiger partial charge in [0.05, 0.1) is 23.0 Å². The van der Waals surface area contributed by atoms with Crippen molar-refractivity contribution in [1.29, 1.82) is 5.26 Å². The lowest BCUT2D eigenvalue weighted by Gasteiger charge is -2.08. The van der Waals surface area contributed by atoms with Crippen molar-refractivity contribution in [2.75, 3.05) is 0 Å². The highest BCUT2D eigenvalue weighted by molar-refractivity contribution is 5.52. The number of nitro groups is 1. The Bertz CT molecular complexity index is 900. The standard InChI is InChI=1S/C15H9N5O3/c16-10-11-8-13(20(21)22)4-5-15(11)23-14-3-1-2-12(9-14)19-7-6-17-18-19/h1-9H. The van der Waals surface area contributed by atoms with Crippen LogP contribution in [0.2, 0.25) is 0 Å². The first-order valence-corrected chi connectivity index (χ1v) is 6.50. The molecule has 0 atom stereocenters. The van der Waals surface area contributed by atoms with Gasteiger partial charge in [-0.15, -0.1) is 5.10 Å². The van der Waals surface area contributed by atoms with Crippen LogP contribution in [0, 0.1) is 21.4 Å². The maximum atomic E-state index is 10.8. The Labute approximate surface area is 130 Å². The highest BCUT2D eigenvalue weighted by atomic mass is 16.6. The summed E-state index contributed by atoms with van der Waals surface area (Å²) in [6.45, 7) is 0. The summed E-state index contributed by atoms with van der Waals surface area (Å²) in [7, 11) is 0. The highest BCUT2D eigenvalue weighted by Gasteiger charge is 2.12. The van der Waals surface area contributed by atoms with Gasteiger partial charge in [0.2, 0.25) is 0 Å². The van der Waals surface area contributed by atoms with E-state index >= 15 is 0 Å². The largest absolute Gasteiger partial charge is 0.456 e. The summed E-state index contributed by atoms with van der Waals surface area (Å²) in [4.78, 5) is 10.2. The fourth-order valence-electron chi connectivity index (χ4n) is 1.97. The van der Waals surface area contributed by atoms with Gasteiger partial charge in [-0.25, -0.2) is 4.68 Å². The minimum Gasteiger partial charge on any atom is -0.456 e. The lowest BCUT2D eigenvalue weighted by atomic mass is 10.2. The molecule has 8 nitrogen and oxygen atoms in total. The topological polar surface area (TPSA) is 107 Å². The Morgan fingerprint density at radius 2 is 2.13 bits per heavy atom. The van der Waals surface area contributed by atoms with Crippen molar-refractivity contribution < 1.29 is 9.66 Å². The minimum atomic E-state index is -0.560. The van der Waals surface area contributed by atoms with Crippen LogP contribution in [0.5, 0.6) is 11.5 Å². The number of non-ortho nitro benzene ring substituents is 1. The molecule has 0 amide bonds. The lowest BCUT2D eigenvalue weighted by molar-refractivity contribution is -0.384. The zero-order valence-electron chi connectivity index (χ0n) is 11.7. The summed E-state index contributed by atoms with van der Waals surface area (Å²) in [5, 5.41) is 27.5. The van der Waals surface area contributed by atoms with Gasteiger partial charge in [-0.1, -0.05) is 11.3 Å². The maximum Gasteiger partial charge on any atom is 0.271 e. The number of ether oxygens (including phenoxy) is 1. The average molecular weight is 307 g/mol. The summed E-state index contributed by atoms with van der Waals surface area (Å²) in [5.41, 5.74) is 0.663. The first kappa shape index (κ1) is 14.2. The molecule has 3 rings (SSSR count). The zero-order chi connectivity index (χ0) is 16.2. The summed E-state index contributed by atoms with van der Waals surface area (Å²) in [6.07, 6.45) is 3.24. The number of hydrogen-bond donors (Lipinski definition) is 0. The van der Waals surface area contributed by atoms with E-state index in [-0.39, 0.29) is 17.0 Å². The van der Waals surface area contributed by atoms with E-state index in [4.69, 9.17) is 10.00 Å². The summed E-state index contributed by atoms with van der Waals surface area (Å²) in [5.74, 6) is 0.720. The number of nitro benzene ring substituents is 1. The first-order valence-electron chi connectivity index (χ1n) is 6.50. The molecule has 0 spiro atoms. The van der Waals surface area contributed by atoms with Crippen molar-refractivity contribution in [1.82, 2.24) is 15.0 Å². The second-order valence-electron chi connectivity index (χ2n) is 4.50. The first-order chi connectivity index (χ1) is 11.2. The van der Waals surface area contributed by atoms with E-state index < -0.39 is 4.92 Å². The molecule has 0 saturated carbocycles. The maximum absolute atomic E-state index is 10.8. The van der Waals surface area contributed by atoms with Crippen LogP contribution in [-0.4, -0.2) is 19.9 Å². The number of rotatable bonds is 4. The number of nitrogens with zero attached hydrogens (tertiary/aromatic N) is 5. The molecule has 112 valence electrons. The quantitative estimate of drug-likeness (QED) is 0.542. The number of nitriles is 1. The van der Waals surface area contributed by atoms with Gasteiger partial charge in [-0.2, -0.15) is 5.26 Å². The smallest absolute Gasteiger partial charge is 0.271 e. The molecule has 3 aromatic rings. The average Bonchev–Trinajstić information content (AvgIpc) is 3.10. The summed E-state index contributed by atoms with van der Waals surface area (Å²) >= 11 is 0. The van der Waals surface area contributed by atoms with Crippen LogP contribution in [-0.2, 0) is 0 Å². The molecule has 8 heteroatoms. The van der Waals surface area contributed by atoms with E-state index in [1.165, 1.54) is 18.2 Å². The monoisotopic (exact) mass is 307 g/mol. The van der Waals surface area contributed by atoms with E-state index in [2.05, 4.69) is 10.3 Å². The molecule has 0 fully saturated rings. The fourth-order valence-corrected chi connectivity index (χ4v) is 1.97. The number of hydrogen-bond acceptors (Lipinski definition) is 6. The molecule has 0 aliphatic carbocycles. The minimum absolute atomic E-state index is 0.0883. The van der Waals surface area contributed by atoms with Crippen LogP contribution in [0.1, 0.15) is 5.56 Å². The third kappa shape index (κ3) is 2.98. The van der Waals surface area contributed by atoms with Crippen molar-refractivity contribution in [3.63, 3.8) is 0 Å². The van der Waals surface area contributed by atoms with Crippen LogP contribution in [0.4, 0.5) is 5.69 Å². The van der Waals surface area contributed by atoms with Crippen LogP contribution in [0.15, 0.2) is 54.9 Å². The molecule has 0 N–H and O–H groups in total. The van der Waals surface area contributed by atoms with Crippen LogP contribution in [0.25, 0.3) is 5.69 Å². The highest BCUT2D eigenvalue weighted by Crippen LogP contribution is 2.29. The molecule has 1 aromatic heterocycles. The normalized spacial score (nSPS) is 10.0. The Morgan fingerprint density at radius 3 is 2.83 bits per heavy atom. The van der Waals surface area contributed by atoms with Crippen molar-refractivity contribution in [2.24, 2.45) is 0 Å². The molecule has 0 saturated heterocycles.